The van der Waals surface area contributed by atoms with E-state index in [1.807, 2.05) is 26.0 Å². The third-order valence-corrected chi connectivity index (χ3v) is 5.26. The van der Waals surface area contributed by atoms with E-state index < -0.39 is 5.54 Å². The van der Waals surface area contributed by atoms with Crippen LogP contribution in [0.2, 0.25) is 0 Å². The molecule has 3 N–H and O–H groups in total. The van der Waals surface area contributed by atoms with Crippen molar-refractivity contribution in [3.05, 3.63) is 34.3 Å². The number of ether oxygens (including phenoxy) is 1. The second-order valence-electron chi connectivity index (χ2n) is 6.75. The summed E-state index contributed by atoms with van der Waals surface area (Å²) in [5, 5.41) is 3.10. The maximum Gasteiger partial charge on any atom is 0.239 e. The number of hydrogen-bond acceptors (Lipinski definition) is 3. The highest BCUT2D eigenvalue weighted by molar-refractivity contribution is 9.10. The molecule has 6 heteroatoms. The largest absolute Gasteiger partial charge is 0.381 e. The van der Waals surface area contributed by atoms with E-state index in [0.29, 0.717) is 13.0 Å². The van der Waals surface area contributed by atoms with Crippen LogP contribution in [0, 0.1) is 0 Å². The third kappa shape index (κ3) is 5.19. The van der Waals surface area contributed by atoms with Crippen LogP contribution >= 0.6 is 28.3 Å². The number of benzene rings is 1. The molecule has 0 aliphatic carbocycles. The van der Waals surface area contributed by atoms with Crippen LogP contribution < -0.4 is 11.1 Å². The standard InChI is InChI=1S/C18H27BrN2O2.ClH/c1-3-7-17(2,20)16(22)21-13-18(8-10-23-11-9-18)14-5-4-6-15(19)12-14;/h4-6,12H,3,7-11,13,20H2,1-2H3,(H,21,22);1H. The zero-order valence-electron chi connectivity index (χ0n) is 14.4. The van der Waals surface area contributed by atoms with Gasteiger partial charge >= 0.3 is 0 Å². The van der Waals surface area contributed by atoms with Crippen molar-refractivity contribution < 1.29 is 9.53 Å². The SMILES string of the molecule is CCCC(C)(N)C(=O)NCC1(c2cccc(Br)c2)CCOCC1.Cl. The summed E-state index contributed by atoms with van der Waals surface area (Å²) in [6, 6.07) is 8.34. The third-order valence-electron chi connectivity index (χ3n) is 4.76. The van der Waals surface area contributed by atoms with Gasteiger partial charge in [-0.15, -0.1) is 12.4 Å². The van der Waals surface area contributed by atoms with Gasteiger partial charge in [0.15, 0.2) is 0 Å². The number of carbonyl (C=O) groups excluding carboxylic acids is 1. The van der Waals surface area contributed by atoms with Crippen LogP contribution in [0.1, 0.15) is 45.1 Å². The van der Waals surface area contributed by atoms with Gasteiger partial charge < -0.3 is 15.8 Å². The van der Waals surface area contributed by atoms with E-state index in [-0.39, 0.29) is 23.7 Å². The molecule has 1 heterocycles. The minimum atomic E-state index is -0.807. The molecule has 0 spiro atoms. The predicted molar refractivity (Wildman–Crippen MR) is 104 cm³/mol. The van der Waals surface area contributed by atoms with Gasteiger partial charge in [0.1, 0.15) is 0 Å². The maximum absolute atomic E-state index is 12.5. The van der Waals surface area contributed by atoms with Gasteiger partial charge in [-0.25, -0.2) is 0 Å². The van der Waals surface area contributed by atoms with Gasteiger partial charge in [0.05, 0.1) is 5.54 Å². The molecule has 136 valence electrons. The van der Waals surface area contributed by atoms with Crippen LogP contribution in [0.4, 0.5) is 0 Å². The van der Waals surface area contributed by atoms with E-state index in [9.17, 15) is 4.79 Å². The lowest BCUT2D eigenvalue weighted by atomic mass is 9.74. The number of nitrogens with two attached hydrogens (primary N) is 1. The lowest BCUT2D eigenvalue weighted by Gasteiger charge is -2.39. The van der Waals surface area contributed by atoms with Crippen molar-refractivity contribution in [2.45, 2.75) is 50.5 Å². The Labute approximate surface area is 159 Å². The fourth-order valence-electron chi connectivity index (χ4n) is 3.23. The normalized spacial score (nSPS) is 19.0. The lowest BCUT2D eigenvalue weighted by molar-refractivity contribution is -0.126. The molecule has 1 aliphatic rings. The van der Waals surface area contributed by atoms with Gasteiger partial charge in [-0.3, -0.25) is 4.79 Å². The van der Waals surface area contributed by atoms with Crippen LogP contribution in [0.25, 0.3) is 0 Å². The van der Waals surface area contributed by atoms with Crippen LogP contribution in [0.3, 0.4) is 0 Å². The van der Waals surface area contributed by atoms with Gasteiger partial charge in [-0.05, 0) is 43.9 Å². The predicted octanol–water partition coefficient (Wildman–Crippen LogP) is 3.55. The number of hydrogen-bond donors (Lipinski definition) is 2. The molecule has 0 aromatic heterocycles. The number of amides is 1. The molecule has 0 saturated carbocycles. The van der Waals surface area contributed by atoms with E-state index in [1.165, 1.54) is 5.56 Å². The van der Waals surface area contributed by atoms with Gasteiger partial charge in [0, 0.05) is 29.6 Å². The van der Waals surface area contributed by atoms with Crippen molar-refractivity contribution in [2.24, 2.45) is 5.73 Å². The Bertz CT molecular complexity index is 546. The van der Waals surface area contributed by atoms with Crippen LogP contribution in [-0.4, -0.2) is 31.2 Å². The van der Waals surface area contributed by atoms with Gasteiger partial charge in [0.2, 0.25) is 5.91 Å². The van der Waals surface area contributed by atoms with Gasteiger partial charge in [-0.1, -0.05) is 41.4 Å². The average molecular weight is 420 g/mol. The highest BCUT2D eigenvalue weighted by Gasteiger charge is 2.36. The molecule has 24 heavy (non-hydrogen) atoms. The molecule has 1 atom stereocenters. The number of halogens is 2. The molecule has 0 bridgehead atoms. The van der Waals surface area contributed by atoms with Crippen LogP contribution in [0.15, 0.2) is 28.7 Å². The summed E-state index contributed by atoms with van der Waals surface area (Å²) >= 11 is 3.55. The second kappa shape index (κ2) is 9.18. The van der Waals surface area contributed by atoms with E-state index >= 15 is 0 Å². The summed E-state index contributed by atoms with van der Waals surface area (Å²) in [6.07, 6.45) is 3.38. The number of carbonyl (C=O) groups is 1. The molecule has 1 fully saturated rings. The van der Waals surface area contributed by atoms with Crippen molar-refractivity contribution in [3.8, 4) is 0 Å². The summed E-state index contributed by atoms with van der Waals surface area (Å²) in [5.41, 5.74) is 6.50. The first-order valence-electron chi connectivity index (χ1n) is 8.31. The van der Waals surface area contributed by atoms with Crippen LogP contribution in [0.5, 0.6) is 0 Å². The Hall–Kier alpha value is -0.620. The Morgan fingerprint density at radius 2 is 2.08 bits per heavy atom. The van der Waals surface area contributed by atoms with Crippen molar-refractivity contribution in [1.29, 1.82) is 0 Å². The van der Waals surface area contributed by atoms with Crippen molar-refractivity contribution in [3.63, 3.8) is 0 Å². The molecule has 1 aromatic carbocycles. The minimum absolute atomic E-state index is 0. The molecule has 1 unspecified atom stereocenters. The second-order valence-corrected chi connectivity index (χ2v) is 7.67. The van der Waals surface area contributed by atoms with Crippen molar-refractivity contribution in [1.82, 2.24) is 5.32 Å². The Morgan fingerprint density at radius 1 is 1.42 bits per heavy atom. The molecule has 1 saturated heterocycles. The molecular weight excluding hydrogens is 392 g/mol. The first kappa shape index (κ1) is 21.4. The Morgan fingerprint density at radius 3 is 2.67 bits per heavy atom. The monoisotopic (exact) mass is 418 g/mol. The van der Waals surface area contributed by atoms with Gasteiger partial charge in [-0.2, -0.15) is 0 Å². The smallest absolute Gasteiger partial charge is 0.239 e. The molecule has 0 radical (unpaired) electrons. The fraction of sp³-hybridized carbons (Fsp3) is 0.611. The molecule has 2 rings (SSSR count). The quantitative estimate of drug-likeness (QED) is 0.741. The van der Waals surface area contributed by atoms with Crippen molar-refractivity contribution in [2.75, 3.05) is 19.8 Å². The summed E-state index contributed by atoms with van der Waals surface area (Å²) in [4.78, 5) is 12.5. The summed E-state index contributed by atoms with van der Waals surface area (Å²) in [7, 11) is 0. The van der Waals surface area contributed by atoms with Crippen LogP contribution in [-0.2, 0) is 14.9 Å². The summed E-state index contributed by atoms with van der Waals surface area (Å²) < 4.78 is 6.60. The van der Waals surface area contributed by atoms with Gasteiger partial charge in [0.25, 0.3) is 0 Å². The van der Waals surface area contributed by atoms with Crippen molar-refractivity contribution >= 4 is 34.2 Å². The summed E-state index contributed by atoms with van der Waals surface area (Å²) in [5.74, 6) is -0.0692. The molecule has 1 amide bonds. The van der Waals surface area contributed by atoms with E-state index in [4.69, 9.17) is 10.5 Å². The van der Waals surface area contributed by atoms with E-state index in [1.54, 1.807) is 0 Å². The highest BCUT2D eigenvalue weighted by atomic mass is 79.9. The first-order valence-corrected chi connectivity index (χ1v) is 9.10. The zero-order chi connectivity index (χ0) is 16.9. The van der Waals surface area contributed by atoms with E-state index in [2.05, 4.69) is 33.4 Å². The highest BCUT2D eigenvalue weighted by Crippen LogP contribution is 2.35. The topological polar surface area (TPSA) is 64.4 Å². The number of rotatable bonds is 6. The zero-order valence-corrected chi connectivity index (χ0v) is 16.8. The maximum atomic E-state index is 12.5. The first-order chi connectivity index (χ1) is 10.9. The molecule has 4 nitrogen and oxygen atoms in total. The molecular formula is C18H28BrClN2O2. The molecule has 1 aliphatic heterocycles. The molecule has 1 aromatic rings. The lowest BCUT2D eigenvalue weighted by Crippen LogP contribution is -2.55. The minimum Gasteiger partial charge on any atom is -0.381 e. The summed E-state index contributed by atoms with van der Waals surface area (Å²) in [6.45, 7) is 5.89. The Balaban J connectivity index is 0.00000288. The Kier molecular flexibility index (Phi) is 8.20. The fourth-order valence-corrected chi connectivity index (χ4v) is 3.63. The van der Waals surface area contributed by atoms with E-state index in [0.717, 1.165) is 36.9 Å². The number of nitrogens with one attached hydrogen (secondary N) is 1. The average Bonchev–Trinajstić information content (AvgIpc) is 2.53.